The smallest absolute Gasteiger partial charge is 0.178 e. The SMILES string of the molecule is C#C[C@]1(O)CC[C@H]2[C@@H]3CCC4=CC(=O)C=C[C@]4(C)[C@H]3[C@@H](O)C[C@@]21C. The van der Waals surface area contributed by atoms with E-state index in [1.165, 1.54) is 0 Å². The fraction of sp³-hybridized carbons (Fsp3) is 0.667. The first-order valence-electron chi connectivity index (χ1n) is 9.08. The van der Waals surface area contributed by atoms with E-state index in [1.807, 2.05) is 6.08 Å². The van der Waals surface area contributed by atoms with Crippen molar-refractivity contribution in [3.63, 3.8) is 0 Å². The number of fused-ring (bicyclic) bond motifs is 5. The van der Waals surface area contributed by atoms with Crippen molar-refractivity contribution in [1.82, 2.24) is 0 Å². The van der Waals surface area contributed by atoms with Gasteiger partial charge in [-0.25, -0.2) is 0 Å². The Hall–Kier alpha value is -1.37. The predicted molar refractivity (Wildman–Crippen MR) is 91.8 cm³/mol. The zero-order valence-electron chi connectivity index (χ0n) is 14.5. The quantitative estimate of drug-likeness (QED) is 0.673. The predicted octanol–water partition coefficient (Wildman–Crippen LogP) is 2.63. The van der Waals surface area contributed by atoms with Crippen molar-refractivity contribution in [3.05, 3.63) is 23.8 Å². The van der Waals surface area contributed by atoms with Gasteiger partial charge in [-0.2, -0.15) is 0 Å². The zero-order valence-corrected chi connectivity index (χ0v) is 14.5. The number of carbonyl (C=O) groups excluding carboxylic acids is 1. The van der Waals surface area contributed by atoms with E-state index in [9.17, 15) is 15.0 Å². The molecule has 0 unspecified atom stereocenters. The van der Waals surface area contributed by atoms with Crippen LogP contribution in [0.1, 0.15) is 46.0 Å². The third kappa shape index (κ3) is 1.79. The van der Waals surface area contributed by atoms with Gasteiger partial charge in [0.25, 0.3) is 0 Å². The second-order valence-electron chi connectivity index (χ2n) is 8.76. The summed E-state index contributed by atoms with van der Waals surface area (Å²) in [5.41, 5.74) is -0.634. The molecule has 24 heavy (non-hydrogen) atoms. The van der Waals surface area contributed by atoms with Crippen LogP contribution in [-0.4, -0.2) is 27.7 Å². The van der Waals surface area contributed by atoms with Crippen LogP contribution < -0.4 is 0 Å². The Morgan fingerprint density at radius 2 is 2.08 bits per heavy atom. The molecular weight excluding hydrogens is 300 g/mol. The topological polar surface area (TPSA) is 57.5 Å². The first kappa shape index (κ1) is 16.1. The van der Waals surface area contributed by atoms with Crippen LogP contribution in [0.15, 0.2) is 23.8 Å². The van der Waals surface area contributed by atoms with Gasteiger partial charge in [-0.1, -0.05) is 31.4 Å². The van der Waals surface area contributed by atoms with Crippen molar-refractivity contribution in [2.45, 2.75) is 57.7 Å². The van der Waals surface area contributed by atoms with E-state index in [1.54, 1.807) is 12.2 Å². The van der Waals surface area contributed by atoms with E-state index < -0.39 is 17.1 Å². The van der Waals surface area contributed by atoms with Crippen LogP contribution in [0, 0.1) is 40.9 Å². The molecule has 3 saturated carbocycles. The lowest BCUT2D eigenvalue weighted by Crippen LogP contribution is -2.59. The van der Waals surface area contributed by atoms with E-state index in [2.05, 4.69) is 19.8 Å². The molecule has 0 aromatic rings. The molecule has 0 amide bonds. The molecule has 0 spiro atoms. The summed E-state index contributed by atoms with van der Waals surface area (Å²) in [7, 11) is 0. The molecule has 7 atom stereocenters. The third-order valence-corrected chi connectivity index (χ3v) is 7.89. The van der Waals surface area contributed by atoms with Crippen LogP contribution in [0.4, 0.5) is 0 Å². The molecule has 0 heterocycles. The van der Waals surface area contributed by atoms with Crippen LogP contribution in [-0.2, 0) is 4.79 Å². The van der Waals surface area contributed by atoms with Gasteiger partial charge in [0, 0.05) is 16.7 Å². The first-order chi connectivity index (χ1) is 11.2. The average Bonchev–Trinajstić information content (AvgIpc) is 2.79. The van der Waals surface area contributed by atoms with Gasteiger partial charge in [0.2, 0.25) is 0 Å². The Morgan fingerprint density at radius 3 is 2.79 bits per heavy atom. The molecular formula is C21H26O3. The van der Waals surface area contributed by atoms with Crippen molar-refractivity contribution in [2.24, 2.45) is 28.6 Å². The highest BCUT2D eigenvalue weighted by Crippen LogP contribution is 2.66. The number of hydrogen-bond acceptors (Lipinski definition) is 3. The van der Waals surface area contributed by atoms with Gasteiger partial charge < -0.3 is 10.2 Å². The second kappa shape index (κ2) is 4.84. The molecule has 0 aromatic carbocycles. The molecule has 0 aliphatic heterocycles. The molecule has 3 nitrogen and oxygen atoms in total. The van der Waals surface area contributed by atoms with E-state index in [0.29, 0.717) is 24.7 Å². The molecule has 4 aliphatic rings. The van der Waals surface area contributed by atoms with Crippen LogP contribution in [0.3, 0.4) is 0 Å². The number of aliphatic hydroxyl groups excluding tert-OH is 1. The van der Waals surface area contributed by atoms with Crippen LogP contribution in [0.2, 0.25) is 0 Å². The molecule has 2 N–H and O–H groups in total. The highest BCUT2D eigenvalue weighted by molar-refractivity contribution is 6.01. The maximum absolute atomic E-state index is 11.8. The summed E-state index contributed by atoms with van der Waals surface area (Å²) in [4.78, 5) is 11.8. The Morgan fingerprint density at radius 1 is 1.33 bits per heavy atom. The number of ketones is 1. The van der Waals surface area contributed by atoms with Crippen molar-refractivity contribution < 1.29 is 15.0 Å². The normalized spacial score (nSPS) is 52.8. The van der Waals surface area contributed by atoms with Gasteiger partial charge in [-0.05, 0) is 56.1 Å². The minimum atomic E-state index is -1.11. The number of rotatable bonds is 0. The summed E-state index contributed by atoms with van der Waals surface area (Å²) in [6.07, 6.45) is 14.5. The van der Waals surface area contributed by atoms with Gasteiger partial charge in [0.1, 0.15) is 5.60 Å². The van der Waals surface area contributed by atoms with Crippen molar-refractivity contribution in [2.75, 3.05) is 0 Å². The number of aliphatic hydroxyl groups is 2. The Balaban J connectivity index is 1.77. The maximum Gasteiger partial charge on any atom is 0.178 e. The Labute approximate surface area is 143 Å². The molecule has 3 heteroatoms. The largest absolute Gasteiger partial charge is 0.393 e. The Bertz CT molecular complexity index is 698. The molecule has 0 radical (unpaired) electrons. The number of hydrogen-bond donors (Lipinski definition) is 2. The van der Waals surface area contributed by atoms with Gasteiger partial charge in [-0.15, -0.1) is 6.42 Å². The van der Waals surface area contributed by atoms with Gasteiger partial charge in [0.15, 0.2) is 5.78 Å². The molecule has 128 valence electrons. The minimum Gasteiger partial charge on any atom is -0.393 e. The lowest BCUT2D eigenvalue weighted by atomic mass is 9.46. The highest BCUT2D eigenvalue weighted by atomic mass is 16.3. The van der Waals surface area contributed by atoms with Gasteiger partial charge >= 0.3 is 0 Å². The summed E-state index contributed by atoms with van der Waals surface area (Å²) in [6, 6.07) is 0. The molecule has 3 fully saturated rings. The summed E-state index contributed by atoms with van der Waals surface area (Å²) in [6.45, 7) is 4.23. The summed E-state index contributed by atoms with van der Waals surface area (Å²) < 4.78 is 0. The molecule has 0 saturated heterocycles. The lowest BCUT2D eigenvalue weighted by molar-refractivity contribution is -0.146. The summed E-state index contributed by atoms with van der Waals surface area (Å²) in [5, 5.41) is 22.1. The second-order valence-corrected chi connectivity index (χ2v) is 8.76. The summed E-state index contributed by atoms with van der Waals surface area (Å²) >= 11 is 0. The number of terminal acetylenes is 1. The van der Waals surface area contributed by atoms with Crippen LogP contribution >= 0.6 is 0 Å². The summed E-state index contributed by atoms with van der Waals surface area (Å²) in [5.74, 6) is 3.46. The van der Waals surface area contributed by atoms with E-state index in [4.69, 9.17) is 6.42 Å². The fourth-order valence-electron chi connectivity index (χ4n) is 6.57. The maximum atomic E-state index is 11.8. The zero-order chi connectivity index (χ0) is 17.3. The lowest BCUT2D eigenvalue weighted by Gasteiger charge is -2.59. The van der Waals surface area contributed by atoms with Crippen molar-refractivity contribution in [3.8, 4) is 12.3 Å². The van der Waals surface area contributed by atoms with Crippen molar-refractivity contribution in [1.29, 1.82) is 0 Å². The molecule has 0 aromatic heterocycles. The van der Waals surface area contributed by atoms with Gasteiger partial charge in [0.05, 0.1) is 6.10 Å². The monoisotopic (exact) mass is 326 g/mol. The van der Waals surface area contributed by atoms with E-state index in [0.717, 1.165) is 24.8 Å². The van der Waals surface area contributed by atoms with Crippen LogP contribution in [0.5, 0.6) is 0 Å². The highest BCUT2D eigenvalue weighted by Gasteiger charge is 2.65. The number of carbonyl (C=O) groups is 1. The van der Waals surface area contributed by atoms with Gasteiger partial charge in [-0.3, -0.25) is 4.79 Å². The average molecular weight is 326 g/mol. The minimum absolute atomic E-state index is 0.0543. The van der Waals surface area contributed by atoms with Crippen LogP contribution in [0.25, 0.3) is 0 Å². The third-order valence-electron chi connectivity index (χ3n) is 7.89. The molecule has 4 aliphatic carbocycles. The van der Waals surface area contributed by atoms with E-state index in [-0.39, 0.29) is 17.1 Å². The molecule has 0 bridgehead atoms. The van der Waals surface area contributed by atoms with Crippen molar-refractivity contribution >= 4 is 5.78 Å². The molecule has 4 rings (SSSR count). The fourth-order valence-corrected chi connectivity index (χ4v) is 6.57. The van der Waals surface area contributed by atoms with E-state index >= 15 is 0 Å². The standard InChI is InChI=1S/C21H26O3/c1-4-21(24)10-8-16-15-6-5-13-11-14(22)7-9-19(13,2)18(15)17(23)12-20(16,21)3/h1,7,9,11,15-18,23-24H,5-6,8,10,12H2,2-3H3/t15-,16-,17-,18+,19-,20-,21-/m0/s1. The number of allylic oxidation sites excluding steroid dienone is 4. The first-order valence-corrected chi connectivity index (χ1v) is 9.08. The Kier molecular flexibility index (Phi) is 3.25.